The number of rotatable bonds is 4. The van der Waals surface area contributed by atoms with Crippen molar-refractivity contribution in [3.05, 3.63) is 47.7 Å². The van der Waals surface area contributed by atoms with Gasteiger partial charge in [-0.2, -0.15) is 0 Å². The summed E-state index contributed by atoms with van der Waals surface area (Å²) in [5, 5.41) is 10.4. The maximum absolute atomic E-state index is 11.1. The molecule has 5 heteroatoms. The van der Waals surface area contributed by atoms with Crippen LogP contribution in [0.3, 0.4) is 0 Å². The number of hydrogen-bond acceptors (Lipinski definition) is 5. The molecule has 0 spiro atoms. The van der Waals surface area contributed by atoms with Crippen molar-refractivity contribution in [3.8, 4) is 0 Å². The van der Waals surface area contributed by atoms with Gasteiger partial charge in [0.25, 0.3) is 0 Å². The fraction of sp³-hybridized carbons (Fsp3) is 0.471. The van der Waals surface area contributed by atoms with E-state index in [4.69, 9.17) is 14.2 Å². The number of carbonyl (C=O) groups excluding carboxylic acids is 1. The third-order valence-electron chi connectivity index (χ3n) is 3.93. The third kappa shape index (κ3) is 3.38. The van der Waals surface area contributed by atoms with Crippen LogP contribution in [0, 0.1) is 5.92 Å². The lowest BCUT2D eigenvalue weighted by atomic mass is 9.94. The van der Waals surface area contributed by atoms with Crippen molar-refractivity contribution in [2.75, 3.05) is 6.61 Å². The quantitative estimate of drug-likeness (QED) is 0.859. The van der Waals surface area contributed by atoms with Gasteiger partial charge in [0.05, 0.1) is 13.2 Å². The largest absolute Gasteiger partial charge is 0.491 e. The lowest BCUT2D eigenvalue weighted by Gasteiger charge is -2.35. The van der Waals surface area contributed by atoms with E-state index in [1.165, 1.54) is 13.0 Å². The van der Waals surface area contributed by atoms with E-state index in [1.54, 1.807) is 0 Å². The normalized spacial score (nSPS) is 32.5. The Labute approximate surface area is 129 Å². The smallest absolute Gasteiger partial charge is 0.187 e. The molecule has 1 N–H and O–H groups in total. The molecule has 2 heterocycles. The number of aliphatic hydroxyl groups excluding tert-OH is 1. The molecule has 4 atom stereocenters. The van der Waals surface area contributed by atoms with Crippen LogP contribution in [0.1, 0.15) is 18.9 Å². The summed E-state index contributed by atoms with van der Waals surface area (Å²) < 4.78 is 17.0. The molecular formula is C17H20O5. The van der Waals surface area contributed by atoms with Crippen LogP contribution in [0.25, 0.3) is 0 Å². The molecule has 1 aromatic rings. The van der Waals surface area contributed by atoms with Crippen molar-refractivity contribution >= 4 is 5.78 Å². The zero-order valence-corrected chi connectivity index (χ0v) is 12.5. The van der Waals surface area contributed by atoms with Gasteiger partial charge in [0, 0.05) is 18.4 Å². The molecule has 0 bridgehead atoms. The molecule has 22 heavy (non-hydrogen) atoms. The van der Waals surface area contributed by atoms with Gasteiger partial charge in [-0.1, -0.05) is 30.3 Å². The van der Waals surface area contributed by atoms with Crippen LogP contribution in [0.2, 0.25) is 0 Å². The summed E-state index contributed by atoms with van der Waals surface area (Å²) in [6, 6.07) is 9.72. The van der Waals surface area contributed by atoms with Crippen LogP contribution >= 0.6 is 0 Å². The number of fused-ring (bicyclic) bond motifs is 1. The van der Waals surface area contributed by atoms with E-state index in [-0.39, 0.29) is 17.8 Å². The van der Waals surface area contributed by atoms with Crippen molar-refractivity contribution in [3.63, 3.8) is 0 Å². The van der Waals surface area contributed by atoms with E-state index in [0.29, 0.717) is 25.4 Å². The van der Waals surface area contributed by atoms with E-state index < -0.39 is 12.4 Å². The van der Waals surface area contributed by atoms with Gasteiger partial charge in [-0.05, 0) is 12.5 Å². The second-order valence-corrected chi connectivity index (χ2v) is 5.76. The number of ether oxygens (including phenoxy) is 3. The fourth-order valence-electron chi connectivity index (χ4n) is 2.89. The van der Waals surface area contributed by atoms with E-state index in [0.717, 1.165) is 5.56 Å². The van der Waals surface area contributed by atoms with E-state index in [9.17, 15) is 9.90 Å². The van der Waals surface area contributed by atoms with Crippen LogP contribution < -0.4 is 0 Å². The van der Waals surface area contributed by atoms with Crippen LogP contribution in [0.4, 0.5) is 0 Å². The van der Waals surface area contributed by atoms with Gasteiger partial charge in [0.15, 0.2) is 12.1 Å². The molecular weight excluding hydrogens is 284 g/mol. The fourth-order valence-corrected chi connectivity index (χ4v) is 2.89. The predicted molar refractivity (Wildman–Crippen MR) is 78.7 cm³/mol. The summed E-state index contributed by atoms with van der Waals surface area (Å²) >= 11 is 0. The molecule has 0 aliphatic carbocycles. The first-order valence-electron chi connectivity index (χ1n) is 7.46. The third-order valence-corrected chi connectivity index (χ3v) is 3.93. The van der Waals surface area contributed by atoms with E-state index >= 15 is 0 Å². The minimum absolute atomic E-state index is 0.0547. The number of benzene rings is 1. The number of ketones is 1. The lowest BCUT2D eigenvalue weighted by molar-refractivity contribution is -0.255. The van der Waals surface area contributed by atoms with Gasteiger partial charge in [-0.3, -0.25) is 4.79 Å². The van der Waals surface area contributed by atoms with Gasteiger partial charge in [0.2, 0.25) is 0 Å². The zero-order valence-electron chi connectivity index (χ0n) is 12.5. The van der Waals surface area contributed by atoms with Gasteiger partial charge in [-0.25, -0.2) is 0 Å². The van der Waals surface area contributed by atoms with Crippen molar-refractivity contribution in [2.24, 2.45) is 5.92 Å². The van der Waals surface area contributed by atoms with Crippen molar-refractivity contribution in [1.29, 1.82) is 0 Å². The Bertz CT molecular complexity index is 553. The zero-order chi connectivity index (χ0) is 15.5. The average Bonchev–Trinajstić information content (AvgIpc) is 2.90. The molecule has 2 aliphatic rings. The Morgan fingerprint density at radius 3 is 2.91 bits per heavy atom. The molecule has 2 aliphatic heterocycles. The Morgan fingerprint density at radius 1 is 1.41 bits per heavy atom. The monoisotopic (exact) mass is 304 g/mol. The second kappa shape index (κ2) is 6.60. The summed E-state index contributed by atoms with van der Waals surface area (Å²) in [4.78, 5) is 11.1. The van der Waals surface area contributed by atoms with Gasteiger partial charge < -0.3 is 19.3 Å². The van der Waals surface area contributed by atoms with Crippen molar-refractivity contribution < 1.29 is 24.1 Å². The molecule has 0 amide bonds. The summed E-state index contributed by atoms with van der Waals surface area (Å²) in [5.74, 6) is 0.631. The predicted octanol–water partition coefficient (Wildman–Crippen LogP) is 1.80. The molecule has 0 radical (unpaired) electrons. The maximum Gasteiger partial charge on any atom is 0.187 e. The SMILES string of the molecule is CC(=O)/C=C1/C[C@H]2CO[C@H](OCc3ccccc3)[C@H](O)[C@H]2O1. The highest BCUT2D eigenvalue weighted by Gasteiger charge is 2.46. The highest BCUT2D eigenvalue weighted by Crippen LogP contribution is 2.36. The molecule has 2 saturated heterocycles. The Kier molecular flexibility index (Phi) is 4.57. The minimum Gasteiger partial charge on any atom is -0.491 e. The van der Waals surface area contributed by atoms with Gasteiger partial charge >= 0.3 is 0 Å². The molecule has 2 fully saturated rings. The topological polar surface area (TPSA) is 65.0 Å². The number of hydrogen-bond donors (Lipinski definition) is 1. The first-order chi connectivity index (χ1) is 10.6. The Morgan fingerprint density at radius 2 is 2.18 bits per heavy atom. The van der Waals surface area contributed by atoms with Gasteiger partial charge in [-0.15, -0.1) is 0 Å². The summed E-state index contributed by atoms with van der Waals surface area (Å²) in [6.07, 6.45) is 0.149. The number of aliphatic hydroxyl groups is 1. The van der Waals surface area contributed by atoms with Crippen molar-refractivity contribution in [2.45, 2.75) is 38.4 Å². The first-order valence-corrected chi connectivity index (χ1v) is 7.46. The highest BCUT2D eigenvalue weighted by molar-refractivity contribution is 5.87. The van der Waals surface area contributed by atoms with E-state index in [1.807, 2.05) is 30.3 Å². The summed E-state index contributed by atoms with van der Waals surface area (Å²) in [7, 11) is 0. The van der Waals surface area contributed by atoms with Gasteiger partial charge in [0.1, 0.15) is 18.0 Å². The minimum atomic E-state index is -0.861. The lowest BCUT2D eigenvalue weighted by Crippen LogP contribution is -2.49. The Balaban J connectivity index is 1.59. The average molecular weight is 304 g/mol. The first kappa shape index (κ1) is 15.2. The highest BCUT2D eigenvalue weighted by atomic mass is 16.7. The molecule has 5 nitrogen and oxygen atoms in total. The van der Waals surface area contributed by atoms with Crippen molar-refractivity contribution in [1.82, 2.24) is 0 Å². The number of carbonyl (C=O) groups is 1. The molecule has 3 rings (SSSR count). The molecule has 0 unspecified atom stereocenters. The number of allylic oxidation sites excluding steroid dienone is 2. The summed E-state index contributed by atoms with van der Waals surface area (Å²) in [6.45, 7) is 2.31. The molecule has 0 saturated carbocycles. The summed E-state index contributed by atoms with van der Waals surface area (Å²) in [5.41, 5.74) is 1.02. The van der Waals surface area contributed by atoms with E-state index in [2.05, 4.69) is 0 Å². The maximum atomic E-state index is 11.1. The molecule has 0 aromatic heterocycles. The van der Waals surface area contributed by atoms with Crippen LogP contribution in [-0.2, 0) is 25.6 Å². The second-order valence-electron chi connectivity index (χ2n) is 5.76. The standard InChI is InChI=1S/C17H20O5/c1-11(18)7-14-8-13-10-21-17(15(19)16(13)22-14)20-9-12-5-3-2-4-6-12/h2-7,13,15-17,19H,8-10H2,1H3/b14-7-/t13-,15+,16-,17-/m0/s1. The van der Waals surface area contributed by atoms with Crippen LogP contribution in [0.5, 0.6) is 0 Å². The van der Waals surface area contributed by atoms with Crippen LogP contribution in [0.15, 0.2) is 42.2 Å². The molecule has 118 valence electrons. The molecule has 1 aromatic carbocycles. The van der Waals surface area contributed by atoms with Crippen LogP contribution in [-0.4, -0.2) is 36.0 Å². The Hall–Kier alpha value is -1.69.